The molecule has 1 aromatic carbocycles. The maximum absolute atomic E-state index is 13.9. The minimum Gasteiger partial charge on any atom is -0.361 e. The Bertz CT molecular complexity index is 443. The molecule has 0 amide bonds. The van der Waals surface area contributed by atoms with Crippen molar-refractivity contribution in [3.8, 4) is 0 Å². The van der Waals surface area contributed by atoms with Gasteiger partial charge < -0.3 is 4.90 Å². The molecule has 2 nitrogen and oxygen atoms in total. The van der Waals surface area contributed by atoms with E-state index in [2.05, 4.69) is 11.8 Å². The fraction of sp³-hybridized carbons (Fsp3) is 0.600. The summed E-state index contributed by atoms with van der Waals surface area (Å²) in [5.41, 5.74) is 0.153. The largest absolute Gasteiger partial charge is 0.361 e. The first-order chi connectivity index (χ1) is 9.16. The summed E-state index contributed by atoms with van der Waals surface area (Å²) < 4.78 is 27.9. The molecule has 4 heteroatoms. The lowest BCUT2D eigenvalue weighted by Gasteiger charge is -2.48. The first-order valence-corrected chi connectivity index (χ1v) is 7.11. The van der Waals surface area contributed by atoms with E-state index in [0.717, 1.165) is 26.1 Å². The van der Waals surface area contributed by atoms with Gasteiger partial charge in [-0.15, -0.1) is 0 Å². The molecule has 0 radical (unpaired) electrons. The molecule has 2 heterocycles. The predicted octanol–water partition coefficient (Wildman–Crippen LogP) is 3.03. The SMILES string of the molecule is CC1CN2CCCCC2CN1c1c(F)cccc1F. The molecule has 2 aliphatic heterocycles. The highest BCUT2D eigenvalue weighted by molar-refractivity contribution is 5.50. The zero-order valence-electron chi connectivity index (χ0n) is 11.3. The van der Waals surface area contributed by atoms with Crippen LogP contribution in [0.2, 0.25) is 0 Å². The van der Waals surface area contributed by atoms with Gasteiger partial charge in [-0.05, 0) is 38.4 Å². The number of hydrogen-bond donors (Lipinski definition) is 0. The molecule has 0 aliphatic carbocycles. The Balaban J connectivity index is 1.88. The molecule has 2 unspecified atom stereocenters. The van der Waals surface area contributed by atoms with Crippen molar-refractivity contribution in [1.82, 2.24) is 4.90 Å². The van der Waals surface area contributed by atoms with Crippen LogP contribution < -0.4 is 4.90 Å². The van der Waals surface area contributed by atoms with E-state index in [9.17, 15) is 8.78 Å². The minimum absolute atomic E-state index is 0.153. The quantitative estimate of drug-likeness (QED) is 0.771. The van der Waals surface area contributed by atoms with Crippen molar-refractivity contribution >= 4 is 5.69 Å². The number of benzene rings is 1. The number of nitrogens with zero attached hydrogens (tertiary/aromatic N) is 2. The molecule has 104 valence electrons. The van der Waals surface area contributed by atoms with Crippen LogP contribution in [0.5, 0.6) is 0 Å². The standard InChI is InChI=1S/C15H20F2N2/c1-11-9-18-8-3-2-5-12(18)10-19(11)15-13(16)6-4-7-14(15)17/h4,6-7,11-12H,2-3,5,8-10H2,1H3. The summed E-state index contributed by atoms with van der Waals surface area (Å²) in [6.07, 6.45) is 3.61. The van der Waals surface area contributed by atoms with Gasteiger partial charge in [-0.25, -0.2) is 8.78 Å². The first kappa shape index (κ1) is 12.9. The van der Waals surface area contributed by atoms with E-state index in [4.69, 9.17) is 0 Å². The number of hydrogen-bond acceptors (Lipinski definition) is 2. The van der Waals surface area contributed by atoms with Crippen molar-refractivity contribution in [2.75, 3.05) is 24.5 Å². The van der Waals surface area contributed by atoms with Crippen molar-refractivity contribution in [3.05, 3.63) is 29.8 Å². The Labute approximate surface area is 113 Å². The summed E-state index contributed by atoms with van der Waals surface area (Å²) in [6, 6.07) is 4.72. The minimum atomic E-state index is -0.448. The Kier molecular flexibility index (Phi) is 3.44. The van der Waals surface area contributed by atoms with E-state index in [1.807, 2.05) is 4.90 Å². The highest BCUT2D eigenvalue weighted by atomic mass is 19.1. The molecule has 0 aromatic heterocycles. The molecule has 0 saturated carbocycles. The van der Waals surface area contributed by atoms with Gasteiger partial charge in [0, 0.05) is 25.2 Å². The zero-order chi connectivity index (χ0) is 13.4. The van der Waals surface area contributed by atoms with Crippen LogP contribution in [0.4, 0.5) is 14.5 Å². The molecule has 0 spiro atoms. The maximum atomic E-state index is 13.9. The second-order valence-electron chi connectivity index (χ2n) is 5.72. The second kappa shape index (κ2) is 5.08. The number of piperazine rings is 1. The lowest BCUT2D eigenvalue weighted by atomic mass is 9.96. The number of piperidine rings is 1. The average molecular weight is 266 g/mol. The number of anilines is 1. The van der Waals surface area contributed by atoms with Gasteiger partial charge in [-0.1, -0.05) is 12.5 Å². The van der Waals surface area contributed by atoms with Crippen molar-refractivity contribution in [3.63, 3.8) is 0 Å². The Morgan fingerprint density at radius 2 is 1.84 bits per heavy atom. The van der Waals surface area contributed by atoms with Crippen molar-refractivity contribution in [1.29, 1.82) is 0 Å². The summed E-state index contributed by atoms with van der Waals surface area (Å²) in [6.45, 7) is 4.82. The van der Waals surface area contributed by atoms with E-state index in [1.165, 1.54) is 31.0 Å². The number of fused-ring (bicyclic) bond motifs is 1. The molecule has 3 rings (SSSR count). The van der Waals surface area contributed by atoms with Gasteiger partial charge in [0.2, 0.25) is 0 Å². The van der Waals surface area contributed by atoms with E-state index in [1.54, 1.807) is 0 Å². The number of halogens is 2. The summed E-state index contributed by atoms with van der Waals surface area (Å²) in [7, 11) is 0. The van der Waals surface area contributed by atoms with Gasteiger partial charge >= 0.3 is 0 Å². The van der Waals surface area contributed by atoms with E-state index in [0.29, 0.717) is 6.04 Å². The second-order valence-corrected chi connectivity index (χ2v) is 5.72. The third-order valence-electron chi connectivity index (χ3n) is 4.41. The van der Waals surface area contributed by atoms with Gasteiger partial charge in [-0.2, -0.15) is 0 Å². The molecule has 0 N–H and O–H groups in total. The molecular weight excluding hydrogens is 246 g/mol. The molecular formula is C15H20F2N2. The smallest absolute Gasteiger partial charge is 0.149 e. The summed E-state index contributed by atoms with van der Waals surface area (Å²) in [4.78, 5) is 4.39. The fourth-order valence-corrected chi connectivity index (χ4v) is 3.43. The van der Waals surface area contributed by atoms with Gasteiger partial charge in [0.1, 0.15) is 17.3 Å². The third-order valence-corrected chi connectivity index (χ3v) is 4.41. The highest BCUT2D eigenvalue weighted by Crippen LogP contribution is 2.31. The zero-order valence-corrected chi connectivity index (χ0v) is 11.3. The molecule has 2 fully saturated rings. The van der Waals surface area contributed by atoms with Crippen LogP contribution in [0.15, 0.2) is 18.2 Å². The van der Waals surface area contributed by atoms with Gasteiger partial charge in [0.25, 0.3) is 0 Å². The number of rotatable bonds is 1. The first-order valence-electron chi connectivity index (χ1n) is 7.11. The molecule has 1 aromatic rings. The van der Waals surface area contributed by atoms with Crippen LogP contribution in [0, 0.1) is 11.6 Å². The van der Waals surface area contributed by atoms with Crippen molar-refractivity contribution in [2.24, 2.45) is 0 Å². The van der Waals surface area contributed by atoms with Gasteiger partial charge in [0.05, 0.1) is 0 Å². The maximum Gasteiger partial charge on any atom is 0.149 e. The molecule has 2 atom stereocenters. The highest BCUT2D eigenvalue weighted by Gasteiger charge is 2.34. The van der Waals surface area contributed by atoms with Crippen LogP contribution >= 0.6 is 0 Å². The van der Waals surface area contributed by atoms with Crippen molar-refractivity contribution < 1.29 is 8.78 Å². The van der Waals surface area contributed by atoms with Crippen LogP contribution in [0.3, 0.4) is 0 Å². The van der Waals surface area contributed by atoms with E-state index in [-0.39, 0.29) is 11.7 Å². The molecule has 0 bridgehead atoms. The lowest BCUT2D eigenvalue weighted by molar-refractivity contribution is 0.115. The third kappa shape index (κ3) is 2.34. The monoisotopic (exact) mass is 266 g/mol. The van der Waals surface area contributed by atoms with Crippen LogP contribution in [-0.4, -0.2) is 36.6 Å². The normalized spacial score (nSPS) is 28.3. The van der Waals surface area contributed by atoms with E-state index < -0.39 is 11.6 Å². The topological polar surface area (TPSA) is 6.48 Å². The summed E-state index contributed by atoms with van der Waals surface area (Å²) >= 11 is 0. The Morgan fingerprint density at radius 1 is 1.11 bits per heavy atom. The van der Waals surface area contributed by atoms with Gasteiger partial charge in [0.15, 0.2) is 0 Å². The van der Waals surface area contributed by atoms with Crippen LogP contribution in [0.25, 0.3) is 0 Å². The molecule has 19 heavy (non-hydrogen) atoms. The molecule has 2 aliphatic rings. The Morgan fingerprint density at radius 3 is 2.58 bits per heavy atom. The summed E-state index contributed by atoms with van der Waals surface area (Å²) in [5, 5.41) is 0. The molecule has 2 saturated heterocycles. The fourth-order valence-electron chi connectivity index (χ4n) is 3.43. The van der Waals surface area contributed by atoms with Gasteiger partial charge in [-0.3, -0.25) is 4.90 Å². The Hall–Kier alpha value is -1.16. The predicted molar refractivity (Wildman–Crippen MR) is 72.4 cm³/mol. The number of para-hydroxylation sites is 1. The lowest BCUT2D eigenvalue weighted by Crippen LogP contribution is -2.59. The van der Waals surface area contributed by atoms with Crippen LogP contribution in [0.1, 0.15) is 26.2 Å². The van der Waals surface area contributed by atoms with Crippen molar-refractivity contribution in [2.45, 2.75) is 38.3 Å². The van der Waals surface area contributed by atoms with E-state index >= 15 is 0 Å². The summed E-state index contributed by atoms with van der Waals surface area (Å²) in [5.74, 6) is -0.896. The average Bonchev–Trinajstić information content (AvgIpc) is 2.39. The van der Waals surface area contributed by atoms with Crippen LogP contribution in [-0.2, 0) is 0 Å².